The second-order valence-corrected chi connectivity index (χ2v) is 6.51. The van der Waals surface area contributed by atoms with Crippen LogP contribution in [0.5, 0.6) is 0 Å². The van der Waals surface area contributed by atoms with E-state index in [0.717, 1.165) is 12.0 Å². The van der Waals surface area contributed by atoms with Crippen LogP contribution in [0.25, 0.3) is 5.57 Å². The van der Waals surface area contributed by atoms with Gasteiger partial charge in [-0.25, -0.2) is 0 Å². The van der Waals surface area contributed by atoms with Gasteiger partial charge in [-0.2, -0.15) is 4.98 Å². The molecule has 6 heteroatoms. The van der Waals surface area contributed by atoms with Crippen LogP contribution in [0, 0.1) is 0 Å². The summed E-state index contributed by atoms with van der Waals surface area (Å²) >= 11 is 6.34. The highest BCUT2D eigenvalue weighted by atomic mass is 35.5. The molecule has 0 N–H and O–H groups in total. The number of halogens is 1. The number of hydrogen-bond acceptors (Lipinski definition) is 5. The van der Waals surface area contributed by atoms with Crippen LogP contribution in [0.1, 0.15) is 50.7 Å². The fourth-order valence-electron chi connectivity index (χ4n) is 2.75. The second-order valence-electron chi connectivity index (χ2n) is 6.01. The molecular weight excluding hydrogens is 304 g/mol. The van der Waals surface area contributed by atoms with E-state index in [-0.39, 0.29) is 29.3 Å². The Balaban J connectivity index is 1.72. The molecule has 0 saturated heterocycles. The Kier molecular flexibility index (Phi) is 4.45. The maximum Gasteiger partial charge on any atom is 0.230 e. The SMILES string of the molecule is CC(C)OC1C=CC(c2noc(C3CCC(=O)C3)n2)=CC1Cl. The Morgan fingerprint density at radius 2 is 2.27 bits per heavy atom. The van der Waals surface area contributed by atoms with Crippen molar-refractivity contribution in [2.75, 3.05) is 0 Å². The molecular formula is C16H19ClN2O3. The zero-order chi connectivity index (χ0) is 15.7. The maximum absolute atomic E-state index is 11.4. The average molecular weight is 323 g/mol. The van der Waals surface area contributed by atoms with Gasteiger partial charge in [0.15, 0.2) is 0 Å². The summed E-state index contributed by atoms with van der Waals surface area (Å²) in [6.45, 7) is 3.95. The molecule has 0 spiro atoms. The molecule has 1 saturated carbocycles. The van der Waals surface area contributed by atoms with Gasteiger partial charge in [-0.15, -0.1) is 11.6 Å². The molecule has 0 aliphatic heterocycles. The van der Waals surface area contributed by atoms with E-state index < -0.39 is 0 Å². The Morgan fingerprint density at radius 3 is 2.91 bits per heavy atom. The van der Waals surface area contributed by atoms with Gasteiger partial charge < -0.3 is 9.26 Å². The van der Waals surface area contributed by atoms with E-state index in [1.165, 1.54) is 0 Å². The Morgan fingerprint density at radius 1 is 1.45 bits per heavy atom. The third kappa shape index (κ3) is 3.31. The summed E-state index contributed by atoms with van der Waals surface area (Å²) in [5.74, 6) is 1.38. The molecule has 0 aromatic carbocycles. The molecule has 1 aromatic rings. The standard InChI is InChI=1S/C16H19ClN2O3/c1-9(2)21-14-6-4-10(8-13(14)17)15-18-16(22-19-15)11-3-5-12(20)7-11/h4,6,8-9,11,13-14H,3,5,7H2,1-2H3. The van der Waals surface area contributed by atoms with Gasteiger partial charge in [-0.3, -0.25) is 4.79 Å². The van der Waals surface area contributed by atoms with Crippen molar-refractivity contribution in [2.24, 2.45) is 0 Å². The van der Waals surface area contributed by atoms with Gasteiger partial charge in [-0.05, 0) is 20.3 Å². The Bertz CT molecular complexity index is 621. The van der Waals surface area contributed by atoms with Gasteiger partial charge in [0.1, 0.15) is 5.78 Å². The molecule has 5 nitrogen and oxygen atoms in total. The van der Waals surface area contributed by atoms with Crippen LogP contribution in [-0.2, 0) is 9.53 Å². The molecule has 0 bridgehead atoms. The van der Waals surface area contributed by atoms with Crippen molar-refractivity contribution in [1.29, 1.82) is 0 Å². The van der Waals surface area contributed by atoms with Gasteiger partial charge in [0.05, 0.1) is 17.6 Å². The third-order valence-corrected chi connectivity index (χ3v) is 4.22. The molecule has 118 valence electrons. The van der Waals surface area contributed by atoms with Crippen LogP contribution in [0.2, 0.25) is 0 Å². The number of alkyl halides is 1. The normalized spacial score (nSPS) is 28.5. The zero-order valence-corrected chi connectivity index (χ0v) is 13.4. The van der Waals surface area contributed by atoms with Crippen molar-refractivity contribution >= 4 is 23.0 Å². The van der Waals surface area contributed by atoms with Crippen molar-refractivity contribution in [2.45, 2.75) is 56.6 Å². The van der Waals surface area contributed by atoms with Crippen molar-refractivity contribution in [3.8, 4) is 0 Å². The summed E-state index contributed by atoms with van der Waals surface area (Å²) < 4.78 is 11.0. The summed E-state index contributed by atoms with van der Waals surface area (Å²) in [7, 11) is 0. The minimum Gasteiger partial charge on any atom is -0.370 e. The number of aromatic nitrogens is 2. The lowest BCUT2D eigenvalue weighted by Gasteiger charge is -2.23. The molecule has 1 aromatic heterocycles. The van der Waals surface area contributed by atoms with Crippen LogP contribution >= 0.6 is 11.6 Å². The van der Waals surface area contributed by atoms with Crippen LogP contribution in [0.3, 0.4) is 0 Å². The lowest BCUT2D eigenvalue weighted by atomic mass is 10.0. The molecule has 2 aliphatic rings. The van der Waals surface area contributed by atoms with Crippen molar-refractivity contribution in [3.05, 3.63) is 29.9 Å². The number of Topliss-reactive ketones (excluding diaryl/α,β-unsaturated/α-hetero) is 1. The molecule has 1 fully saturated rings. The summed E-state index contributed by atoms with van der Waals surface area (Å²) in [4.78, 5) is 15.8. The first-order valence-electron chi connectivity index (χ1n) is 7.58. The average Bonchev–Trinajstić information content (AvgIpc) is 3.09. The van der Waals surface area contributed by atoms with Crippen LogP contribution in [0.15, 0.2) is 22.8 Å². The fourth-order valence-corrected chi connectivity index (χ4v) is 3.03. The summed E-state index contributed by atoms with van der Waals surface area (Å²) in [6.07, 6.45) is 7.55. The second kappa shape index (κ2) is 6.34. The van der Waals surface area contributed by atoms with Crippen LogP contribution < -0.4 is 0 Å². The lowest BCUT2D eigenvalue weighted by molar-refractivity contribution is -0.117. The highest BCUT2D eigenvalue weighted by Crippen LogP contribution is 2.32. The number of ether oxygens (including phenoxy) is 1. The Labute approximate surface area is 134 Å². The zero-order valence-electron chi connectivity index (χ0n) is 12.7. The van der Waals surface area contributed by atoms with E-state index in [4.69, 9.17) is 20.9 Å². The van der Waals surface area contributed by atoms with Crippen molar-refractivity contribution < 1.29 is 14.1 Å². The fraction of sp³-hybridized carbons (Fsp3) is 0.562. The minimum atomic E-state index is -0.266. The maximum atomic E-state index is 11.4. The number of allylic oxidation sites excluding steroid dienone is 2. The molecule has 0 amide bonds. The predicted octanol–water partition coefficient (Wildman–Crippen LogP) is 3.26. The van der Waals surface area contributed by atoms with E-state index in [9.17, 15) is 4.79 Å². The minimum absolute atomic E-state index is 0.0609. The number of carbonyl (C=O) groups is 1. The molecule has 3 atom stereocenters. The number of carbonyl (C=O) groups excluding carboxylic acids is 1. The van der Waals surface area contributed by atoms with Gasteiger partial charge in [0.25, 0.3) is 0 Å². The van der Waals surface area contributed by atoms with E-state index in [1.807, 2.05) is 32.1 Å². The highest BCUT2D eigenvalue weighted by molar-refractivity contribution is 6.23. The van der Waals surface area contributed by atoms with E-state index in [2.05, 4.69) is 10.1 Å². The molecule has 3 rings (SSSR count). The van der Waals surface area contributed by atoms with E-state index in [0.29, 0.717) is 24.6 Å². The molecule has 22 heavy (non-hydrogen) atoms. The van der Waals surface area contributed by atoms with Crippen molar-refractivity contribution in [1.82, 2.24) is 10.1 Å². The first kappa shape index (κ1) is 15.4. The van der Waals surface area contributed by atoms with Gasteiger partial charge in [0.2, 0.25) is 11.7 Å². The van der Waals surface area contributed by atoms with E-state index >= 15 is 0 Å². The molecule has 2 aliphatic carbocycles. The Hall–Kier alpha value is -1.46. The quantitative estimate of drug-likeness (QED) is 0.796. The first-order valence-corrected chi connectivity index (χ1v) is 8.02. The summed E-state index contributed by atoms with van der Waals surface area (Å²) in [5.41, 5.74) is 0.822. The summed E-state index contributed by atoms with van der Waals surface area (Å²) in [5, 5.41) is 3.75. The lowest BCUT2D eigenvalue weighted by Crippen LogP contribution is -2.26. The third-order valence-electron chi connectivity index (χ3n) is 3.84. The highest BCUT2D eigenvalue weighted by Gasteiger charge is 2.29. The monoisotopic (exact) mass is 322 g/mol. The van der Waals surface area contributed by atoms with Crippen molar-refractivity contribution in [3.63, 3.8) is 0 Å². The number of hydrogen-bond donors (Lipinski definition) is 0. The van der Waals surface area contributed by atoms with Gasteiger partial charge in [-0.1, -0.05) is 23.4 Å². The van der Waals surface area contributed by atoms with E-state index in [1.54, 1.807) is 0 Å². The summed E-state index contributed by atoms with van der Waals surface area (Å²) in [6, 6.07) is 0. The smallest absolute Gasteiger partial charge is 0.230 e. The molecule has 0 radical (unpaired) electrons. The van der Waals surface area contributed by atoms with Gasteiger partial charge >= 0.3 is 0 Å². The first-order chi connectivity index (χ1) is 10.5. The number of ketones is 1. The van der Waals surface area contributed by atoms with Gasteiger partial charge in [0, 0.05) is 24.3 Å². The van der Waals surface area contributed by atoms with Crippen LogP contribution in [-0.4, -0.2) is 33.5 Å². The topological polar surface area (TPSA) is 65.2 Å². The molecule has 1 heterocycles. The molecule has 3 unspecified atom stereocenters. The largest absolute Gasteiger partial charge is 0.370 e. The predicted molar refractivity (Wildman–Crippen MR) is 82.7 cm³/mol. The number of rotatable bonds is 4. The number of nitrogens with zero attached hydrogens (tertiary/aromatic N) is 2. The van der Waals surface area contributed by atoms with Crippen LogP contribution in [0.4, 0.5) is 0 Å².